The second kappa shape index (κ2) is 6.45. The summed E-state index contributed by atoms with van der Waals surface area (Å²) in [6.07, 6.45) is 4.43. The Morgan fingerprint density at radius 2 is 2.37 bits per heavy atom. The first-order chi connectivity index (χ1) is 9.08. The van der Waals surface area contributed by atoms with E-state index in [1.54, 1.807) is 10.5 Å². The Bertz CT molecular complexity index is 490. The highest BCUT2D eigenvalue weighted by molar-refractivity contribution is 7.89. The largest absolute Gasteiger partial charge is 0.313 e. The summed E-state index contributed by atoms with van der Waals surface area (Å²) in [5.41, 5.74) is 1.14. The zero-order valence-electron chi connectivity index (χ0n) is 11.2. The van der Waals surface area contributed by atoms with Crippen LogP contribution in [-0.4, -0.2) is 43.1 Å². The summed E-state index contributed by atoms with van der Waals surface area (Å²) in [4.78, 5) is 4.05. The second-order valence-corrected chi connectivity index (χ2v) is 7.15. The normalized spacial score (nSPS) is 22.7. The maximum atomic E-state index is 11.8. The number of nitrogens with zero attached hydrogens (tertiary/aromatic N) is 2. The van der Waals surface area contributed by atoms with Gasteiger partial charge in [0.15, 0.2) is 0 Å². The third-order valence-corrected chi connectivity index (χ3v) is 5.33. The third kappa shape index (κ3) is 4.26. The number of nitrogens with one attached hydrogen (secondary N) is 1. The minimum absolute atomic E-state index is 0.258. The van der Waals surface area contributed by atoms with Crippen LogP contribution >= 0.6 is 0 Å². The molecule has 19 heavy (non-hydrogen) atoms. The Labute approximate surface area is 115 Å². The van der Waals surface area contributed by atoms with Crippen molar-refractivity contribution in [1.29, 1.82) is 0 Å². The van der Waals surface area contributed by atoms with E-state index in [-0.39, 0.29) is 5.92 Å². The average Bonchev–Trinajstić information content (AvgIpc) is 2.63. The predicted molar refractivity (Wildman–Crippen MR) is 75.1 cm³/mol. The summed E-state index contributed by atoms with van der Waals surface area (Å²) >= 11 is 0. The molecule has 0 saturated carbocycles. The van der Waals surface area contributed by atoms with Crippen molar-refractivity contribution in [2.45, 2.75) is 19.9 Å². The molecule has 1 saturated heterocycles. The third-order valence-electron chi connectivity index (χ3n) is 3.22. The highest BCUT2D eigenvalue weighted by Gasteiger charge is 2.32. The van der Waals surface area contributed by atoms with Crippen molar-refractivity contribution < 1.29 is 8.42 Å². The molecule has 0 spiro atoms. The highest BCUT2D eigenvalue weighted by atomic mass is 32.2. The van der Waals surface area contributed by atoms with Gasteiger partial charge in [-0.1, -0.05) is 13.0 Å². The van der Waals surface area contributed by atoms with E-state index < -0.39 is 10.0 Å². The van der Waals surface area contributed by atoms with Crippen LogP contribution in [0.2, 0.25) is 0 Å². The van der Waals surface area contributed by atoms with Gasteiger partial charge >= 0.3 is 0 Å². The van der Waals surface area contributed by atoms with Crippen molar-refractivity contribution in [3.05, 3.63) is 30.1 Å². The van der Waals surface area contributed by atoms with Crippen LogP contribution in [0.3, 0.4) is 0 Å². The fourth-order valence-electron chi connectivity index (χ4n) is 2.33. The van der Waals surface area contributed by atoms with Crippen molar-refractivity contribution >= 4 is 10.0 Å². The quantitative estimate of drug-likeness (QED) is 0.786. The molecule has 0 bridgehead atoms. The van der Waals surface area contributed by atoms with Gasteiger partial charge in [-0.2, -0.15) is 0 Å². The monoisotopic (exact) mass is 283 g/mol. The summed E-state index contributed by atoms with van der Waals surface area (Å²) in [7, 11) is -2.98. The number of sulfonamides is 1. The lowest BCUT2D eigenvalue weighted by atomic mass is 10.2. The maximum absolute atomic E-state index is 11.8. The first kappa shape index (κ1) is 14.4. The Morgan fingerprint density at radius 3 is 3.00 bits per heavy atom. The van der Waals surface area contributed by atoms with E-state index in [1.807, 2.05) is 25.3 Å². The summed E-state index contributed by atoms with van der Waals surface area (Å²) in [6.45, 7) is 4.86. The summed E-state index contributed by atoms with van der Waals surface area (Å²) in [5, 5.41) is 3.30. The average molecular weight is 283 g/mol. The number of hydrogen-bond acceptors (Lipinski definition) is 4. The molecular formula is C13H21N3O2S. The standard InChI is InChI=1S/C13H21N3O2S/c1-12-10-16(19(17,18)11-12)7-3-6-15-9-13-4-2-5-14-8-13/h2,4-5,8,12,15H,3,6-7,9-11H2,1H3. The predicted octanol–water partition coefficient (Wildman–Crippen LogP) is 0.843. The van der Waals surface area contributed by atoms with Gasteiger partial charge in [0.25, 0.3) is 0 Å². The number of rotatable bonds is 6. The van der Waals surface area contributed by atoms with E-state index >= 15 is 0 Å². The van der Waals surface area contributed by atoms with Crippen LogP contribution in [0.1, 0.15) is 18.9 Å². The fraction of sp³-hybridized carbons (Fsp3) is 0.615. The van der Waals surface area contributed by atoms with Gasteiger partial charge in [-0.05, 0) is 30.5 Å². The molecule has 1 aromatic heterocycles. The first-order valence-electron chi connectivity index (χ1n) is 6.65. The van der Waals surface area contributed by atoms with E-state index in [9.17, 15) is 8.42 Å². The van der Waals surface area contributed by atoms with Crippen LogP contribution in [0.4, 0.5) is 0 Å². The van der Waals surface area contributed by atoms with Gasteiger partial charge in [0.2, 0.25) is 10.0 Å². The van der Waals surface area contributed by atoms with Crippen LogP contribution in [0.25, 0.3) is 0 Å². The van der Waals surface area contributed by atoms with E-state index in [4.69, 9.17) is 0 Å². The Morgan fingerprint density at radius 1 is 1.53 bits per heavy atom. The summed E-state index contributed by atoms with van der Waals surface area (Å²) in [6, 6.07) is 3.93. The molecule has 2 heterocycles. The van der Waals surface area contributed by atoms with Crippen LogP contribution in [0, 0.1) is 5.92 Å². The zero-order valence-corrected chi connectivity index (χ0v) is 12.1. The molecule has 1 atom stereocenters. The molecule has 1 unspecified atom stereocenters. The van der Waals surface area contributed by atoms with E-state index in [0.29, 0.717) is 18.8 Å². The molecule has 0 aromatic carbocycles. The van der Waals surface area contributed by atoms with Crippen molar-refractivity contribution in [2.24, 2.45) is 5.92 Å². The van der Waals surface area contributed by atoms with Crippen LogP contribution in [-0.2, 0) is 16.6 Å². The minimum Gasteiger partial charge on any atom is -0.313 e. The molecule has 6 heteroatoms. The lowest BCUT2D eigenvalue weighted by Crippen LogP contribution is -2.29. The Balaban J connectivity index is 1.65. The molecular weight excluding hydrogens is 262 g/mol. The van der Waals surface area contributed by atoms with Gasteiger partial charge in [-0.25, -0.2) is 12.7 Å². The molecule has 1 aromatic rings. The van der Waals surface area contributed by atoms with Crippen LogP contribution < -0.4 is 5.32 Å². The second-order valence-electron chi connectivity index (χ2n) is 5.13. The van der Waals surface area contributed by atoms with Crippen molar-refractivity contribution in [2.75, 3.05) is 25.4 Å². The summed E-state index contributed by atoms with van der Waals surface area (Å²) < 4.78 is 25.1. The molecule has 1 aliphatic heterocycles. The van der Waals surface area contributed by atoms with Gasteiger partial charge in [0, 0.05) is 32.0 Å². The van der Waals surface area contributed by atoms with E-state index in [0.717, 1.165) is 25.1 Å². The van der Waals surface area contributed by atoms with Crippen molar-refractivity contribution in [3.8, 4) is 0 Å². The molecule has 0 radical (unpaired) electrons. The molecule has 5 nitrogen and oxygen atoms in total. The van der Waals surface area contributed by atoms with Crippen LogP contribution in [0.15, 0.2) is 24.5 Å². The number of pyridine rings is 1. The number of hydrogen-bond donors (Lipinski definition) is 1. The minimum atomic E-state index is -2.98. The lowest BCUT2D eigenvalue weighted by Gasteiger charge is -2.14. The van der Waals surface area contributed by atoms with Crippen molar-refractivity contribution in [3.63, 3.8) is 0 Å². The van der Waals surface area contributed by atoms with Crippen LogP contribution in [0.5, 0.6) is 0 Å². The van der Waals surface area contributed by atoms with Gasteiger partial charge in [-0.15, -0.1) is 0 Å². The van der Waals surface area contributed by atoms with Crippen molar-refractivity contribution in [1.82, 2.24) is 14.6 Å². The fourth-order valence-corrected chi connectivity index (χ4v) is 4.25. The summed E-state index contributed by atoms with van der Waals surface area (Å²) in [5.74, 6) is 0.559. The molecule has 2 rings (SSSR count). The molecule has 106 valence electrons. The Kier molecular flexibility index (Phi) is 4.90. The molecule has 1 aliphatic rings. The molecule has 0 aliphatic carbocycles. The lowest BCUT2D eigenvalue weighted by molar-refractivity contribution is 0.402. The molecule has 1 N–H and O–H groups in total. The first-order valence-corrected chi connectivity index (χ1v) is 8.26. The molecule has 0 amide bonds. The van der Waals surface area contributed by atoms with E-state index in [2.05, 4.69) is 10.3 Å². The SMILES string of the molecule is CC1CN(CCCNCc2cccnc2)S(=O)(=O)C1. The number of aromatic nitrogens is 1. The Hall–Kier alpha value is -0.980. The topological polar surface area (TPSA) is 62.3 Å². The van der Waals surface area contributed by atoms with Gasteiger partial charge in [0.05, 0.1) is 5.75 Å². The molecule has 1 fully saturated rings. The maximum Gasteiger partial charge on any atom is 0.214 e. The van der Waals surface area contributed by atoms with Gasteiger partial charge < -0.3 is 5.32 Å². The highest BCUT2D eigenvalue weighted by Crippen LogP contribution is 2.18. The van der Waals surface area contributed by atoms with Gasteiger partial charge in [0.1, 0.15) is 0 Å². The van der Waals surface area contributed by atoms with E-state index in [1.165, 1.54) is 0 Å². The smallest absolute Gasteiger partial charge is 0.214 e. The van der Waals surface area contributed by atoms with Gasteiger partial charge in [-0.3, -0.25) is 4.98 Å². The zero-order chi connectivity index (χ0) is 13.7.